The van der Waals surface area contributed by atoms with Gasteiger partial charge in [-0.15, -0.1) is 0 Å². The number of nitrogens with zero attached hydrogens (tertiary/aromatic N) is 1. The first-order valence-corrected chi connectivity index (χ1v) is 6.35. The second-order valence-electron chi connectivity index (χ2n) is 4.80. The Labute approximate surface area is 117 Å². The molecule has 102 valence electrons. The Morgan fingerprint density at radius 1 is 1.10 bits per heavy atom. The third kappa shape index (κ3) is 1.57. The van der Waals surface area contributed by atoms with Gasteiger partial charge in [0.2, 0.25) is 5.71 Å². The van der Waals surface area contributed by atoms with Crippen molar-refractivity contribution in [1.82, 2.24) is 4.40 Å². The van der Waals surface area contributed by atoms with Crippen molar-refractivity contribution < 1.29 is 14.3 Å². The lowest BCUT2D eigenvalue weighted by Gasteiger charge is -1.98. The molecule has 5 nitrogen and oxygen atoms in total. The van der Waals surface area contributed by atoms with Crippen LogP contribution in [0.5, 0.6) is 0 Å². The van der Waals surface area contributed by atoms with Crippen LogP contribution >= 0.6 is 0 Å². The molecule has 5 heteroatoms. The van der Waals surface area contributed by atoms with Crippen LogP contribution in [0.15, 0.2) is 57.7 Å². The number of carbonyl (C=O) groups is 1. The summed E-state index contributed by atoms with van der Waals surface area (Å²) in [5.41, 5.74) is 1.24. The largest absolute Gasteiger partial charge is 0.478 e. The van der Waals surface area contributed by atoms with Gasteiger partial charge in [0.25, 0.3) is 5.56 Å². The smallest absolute Gasteiger partial charge is 0.335 e. The van der Waals surface area contributed by atoms with Crippen LogP contribution < -0.4 is 5.56 Å². The van der Waals surface area contributed by atoms with Crippen LogP contribution in [0.4, 0.5) is 0 Å². The van der Waals surface area contributed by atoms with Crippen molar-refractivity contribution in [3.05, 3.63) is 64.4 Å². The summed E-state index contributed by atoms with van der Waals surface area (Å²) < 4.78 is 7.05. The van der Waals surface area contributed by atoms with Gasteiger partial charge in [0, 0.05) is 11.5 Å². The van der Waals surface area contributed by atoms with Crippen LogP contribution in [0.1, 0.15) is 10.4 Å². The molecule has 0 unspecified atom stereocenters. The van der Waals surface area contributed by atoms with Crippen molar-refractivity contribution in [2.24, 2.45) is 0 Å². The molecule has 0 atom stereocenters. The minimum Gasteiger partial charge on any atom is -0.478 e. The van der Waals surface area contributed by atoms with Gasteiger partial charge in [-0.1, -0.05) is 18.2 Å². The normalized spacial score (nSPS) is 11.4. The fraction of sp³-hybridized carbons (Fsp3) is 0. The molecule has 2 aromatic heterocycles. The number of oxazole rings is 1. The number of aromatic nitrogens is 1. The quantitative estimate of drug-likeness (QED) is 0.581. The summed E-state index contributed by atoms with van der Waals surface area (Å²) in [5, 5.41) is 10.4. The van der Waals surface area contributed by atoms with Crippen molar-refractivity contribution in [3.8, 4) is 0 Å². The van der Waals surface area contributed by atoms with E-state index in [4.69, 9.17) is 9.52 Å². The van der Waals surface area contributed by atoms with Gasteiger partial charge < -0.3 is 9.52 Å². The molecule has 4 rings (SSSR count). The molecule has 0 spiro atoms. The zero-order chi connectivity index (χ0) is 14.6. The zero-order valence-corrected chi connectivity index (χ0v) is 10.7. The first kappa shape index (κ1) is 11.7. The Kier molecular flexibility index (Phi) is 2.21. The first-order chi connectivity index (χ1) is 10.1. The van der Waals surface area contributed by atoms with Crippen LogP contribution in [0, 0.1) is 0 Å². The van der Waals surface area contributed by atoms with Gasteiger partial charge in [-0.3, -0.25) is 4.79 Å². The summed E-state index contributed by atoms with van der Waals surface area (Å²) in [6, 6.07) is 13.5. The van der Waals surface area contributed by atoms with E-state index in [1.807, 2.05) is 12.1 Å². The van der Waals surface area contributed by atoms with Gasteiger partial charge in [-0.25, -0.2) is 9.20 Å². The lowest BCUT2D eigenvalue weighted by atomic mass is 10.1. The third-order valence-electron chi connectivity index (χ3n) is 3.55. The molecule has 4 aromatic rings. The van der Waals surface area contributed by atoms with E-state index >= 15 is 0 Å². The number of benzene rings is 2. The van der Waals surface area contributed by atoms with E-state index in [0.29, 0.717) is 22.2 Å². The number of fused-ring (bicyclic) bond motifs is 4. The number of carboxylic acid groups (broad SMARTS) is 1. The van der Waals surface area contributed by atoms with E-state index in [9.17, 15) is 9.59 Å². The Balaban J connectivity index is 2.25. The van der Waals surface area contributed by atoms with E-state index in [0.717, 1.165) is 5.39 Å². The van der Waals surface area contributed by atoms with E-state index < -0.39 is 5.97 Å². The van der Waals surface area contributed by atoms with Gasteiger partial charge in [-0.05, 0) is 29.7 Å². The third-order valence-corrected chi connectivity index (χ3v) is 3.55. The number of aromatic carboxylic acids is 1. The second kappa shape index (κ2) is 3.96. The molecule has 2 aromatic carbocycles. The average molecular weight is 279 g/mol. The van der Waals surface area contributed by atoms with Crippen molar-refractivity contribution in [2.75, 3.05) is 0 Å². The molecule has 0 aliphatic rings. The monoisotopic (exact) mass is 279 g/mol. The predicted octanol–water partition coefficient (Wildman–Crippen LogP) is 2.90. The minimum absolute atomic E-state index is 0.116. The van der Waals surface area contributed by atoms with E-state index in [-0.39, 0.29) is 11.1 Å². The molecule has 0 bridgehead atoms. The molecule has 0 radical (unpaired) electrons. The molecule has 0 aliphatic carbocycles. The minimum atomic E-state index is -1.04. The standard InChI is InChI=1S/C16H9NO4/c18-15-11-4-2-1-3-9(11)8-14-17(15)12-7-10(16(19)20)5-6-13(12)21-14/h1-8H,(H,19,20). The lowest BCUT2D eigenvalue weighted by molar-refractivity contribution is 0.0697. The summed E-state index contributed by atoms with van der Waals surface area (Å²) >= 11 is 0. The summed E-state index contributed by atoms with van der Waals surface area (Å²) in [6.07, 6.45) is 0. The maximum absolute atomic E-state index is 12.6. The average Bonchev–Trinajstić information content (AvgIpc) is 2.84. The Morgan fingerprint density at radius 2 is 1.90 bits per heavy atom. The van der Waals surface area contributed by atoms with Crippen LogP contribution in [0.25, 0.3) is 27.6 Å². The summed E-state index contributed by atoms with van der Waals surface area (Å²) in [6.45, 7) is 0. The van der Waals surface area contributed by atoms with Crippen molar-refractivity contribution in [1.29, 1.82) is 0 Å². The molecule has 21 heavy (non-hydrogen) atoms. The topological polar surface area (TPSA) is 71.9 Å². The molecule has 0 fully saturated rings. The van der Waals surface area contributed by atoms with Crippen LogP contribution in [-0.2, 0) is 0 Å². The number of hydrogen-bond acceptors (Lipinski definition) is 3. The van der Waals surface area contributed by atoms with Crippen molar-refractivity contribution >= 4 is 33.6 Å². The number of rotatable bonds is 1. The highest BCUT2D eigenvalue weighted by Crippen LogP contribution is 2.23. The molecular weight excluding hydrogens is 270 g/mol. The Hall–Kier alpha value is -3.08. The maximum atomic E-state index is 12.6. The molecule has 2 heterocycles. The van der Waals surface area contributed by atoms with E-state index in [1.165, 1.54) is 16.5 Å². The van der Waals surface area contributed by atoms with Gasteiger partial charge in [0.15, 0.2) is 5.58 Å². The van der Waals surface area contributed by atoms with Gasteiger partial charge in [-0.2, -0.15) is 0 Å². The van der Waals surface area contributed by atoms with Gasteiger partial charge in [0.05, 0.1) is 11.1 Å². The van der Waals surface area contributed by atoms with E-state index in [1.54, 1.807) is 24.3 Å². The molecule has 0 saturated heterocycles. The van der Waals surface area contributed by atoms with Crippen molar-refractivity contribution in [3.63, 3.8) is 0 Å². The molecular formula is C16H9NO4. The summed E-state index contributed by atoms with van der Waals surface area (Å²) in [5.74, 6) is -1.04. The fourth-order valence-corrected chi connectivity index (χ4v) is 2.56. The molecule has 0 aliphatic heterocycles. The number of hydrogen-bond donors (Lipinski definition) is 1. The highest BCUT2D eigenvalue weighted by molar-refractivity contribution is 5.94. The second-order valence-corrected chi connectivity index (χ2v) is 4.80. The number of pyridine rings is 1. The molecule has 0 amide bonds. The predicted molar refractivity (Wildman–Crippen MR) is 77.9 cm³/mol. The highest BCUT2D eigenvalue weighted by Gasteiger charge is 2.13. The van der Waals surface area contributed by atoms with Crippen LogP contribution in [0.2, 0.25) is 0 Å². The molecule has 0 saturated carbocycles. The Bertz CT molecular complexity index is 1090. The first-order valence-electron chi connectivity index (χ1n) is 6.35. The highest BCUT2D eigenvalue weighted by atomic mass is 16.4. The lowest BCUT2D eigenvalue weighted by Crippen LogP contribution is -2.12. The molecule has 1 N–H and O–H groups in total. The van der Waals surface area contributed by atoms with E-state index in [2.05, 4.69) is 0 Å². The van der Waals surface area contributed by atoms with Crippen LogP contribution in [-0.4, -0.2) is 15.5 Å². The number of carboxylic acids is 1. The maximum Gasteiger partial charge on any atom is 0.335 e. The van der Waals surface area contributed by atoms with Gasteiger partial charge in [0.1, 0.15) is 0 Å². The van der Waals surface area contributed by atoms with Crippen molar-refractivity contribution in [2.45, 2.75) is 0 Å². The van der Waals surface area contributed by atoms with Crippen LogP contribution in [0.3, 0.4) is 0 Å². The summed E-state index contributed by atoms with van der Waals surface area (Å²) in [4.78, 5) is 23.7. The van der Waals surface area contributed by atoms with Gasteiger partial charge >= 0.3 is 5.97 Å². The SMILES string of the molecule is O=C(O)c1ccc2oc3cc4ccccc4c(=O)n3c2c1. The zero-order valence-electron chi connectivity index (χ0n) is 10.7. The summed E-state index contributed by atoms with van der Waals surface area (Å²) in [7, 11) is 0. The Morgan fingerprint density at radius 3 is 2.71 bits per heavy atom. The fourth-order valence-electron chi connectivity index (χ4n) is 2.56.